The molecule has 2 fully saturated rings. The Kier molecular flexibility index (Phi) is 5.37. The Morgan fingerprint density at radius 1 is 1.11 bits per heavy atom. The third-order valence-electron chi connectivity index (χ3n) is 7.29. The molecule has 3 atom stereocenters. The number of fused-ring (bicyclic) bond motifs is 2. The molecule has 2 aromatic heterocycles. The zero-order valence-electron chi connectivity index (χ0n) is 19.7. The summed E-state index contributed by atoms with van der Waals surface area (Å²) in [5.74, 6) is 1.55. The number of nitrogens with zero attached hydrogens (tertiary/aromatic N) is 2. The highest BCUT2D eigenvalue weighted by Crippen LogP contribution is 2.50. The van der Waals surface area contributed by atoms with Gasteiger partial charge in [0.1, 0.15) is 0 Å². The number of amides is 2. The van der Waals surface area contributed by atoms with Gasteiger partial charge in [0.15, 0.2) is 5.75 Å². The average Bonchev–Trinajstić information content (AvgIpc) is 3.18. The second kappa shape index (κ2) is 8.57. The number of thiophene rings is 1. The molecule has 1 aliphatic heterocycles. The van der Waals surface area contributed by atoms with E-state index < -0.39 is 6.09 Å². The Morgan fingerprint density at radius 3 is 2.74 bits per heavy atom. The first-order valence-electron chi connectivity index (χ1n) is 11.9. The molecule has 1 aliphatic carbocycles. The van der Waals surface area contributed by atoms with E-state index in [0.29, 0.717) is 24.1 Å². The van der Waals surface area contributed by atoms with Crippen molar-refractivity contribution in [3.05, 3.63) is 77.3 Å². The van der Waals surface area contributed by atoms with Crippen LogP contribution in [0.1, 0.15) is 22.3 Å². The van der Waals surface area contributed by atoms with Crippen LogP contribution >= 0.6 is 11.3 Å². The molecule has 4 aromatic rings. The summed E-state index contributed by atoms with van der Waals surface area (Å²) in [6, 6.07) is 18.0. The summed E-state index contributed by atoms with van der Waals surface area (Å²) in [6.45, 7) is 3.20. The third kappa shape index (κ3) is 4.00. The van der Waals surface area contributed by atoms with Crippen molar-refractivity contribution in [2.24, 2.45) is 18.9 Å². The number of hydrogen-bond acceptors (Lipinski definition) is 4. The lowest BCUT2D eigenvalue weighted by molar-refractivity contribution is 0.0706. The maximum Gasteiger partial charge on any atom is 0.412 e. The number of aryl methyl sites for hydroxylation is 2. The summed E-state index contributed by atoms with van der Waals surface area (Å²) in [5, 5.41) is 5.80. The van der Waals surface area contributed by atoms with E-state index in [1.165, 1.54) is 5.56 Å². The largest absolute Gasteiger partial charge is 0.412 e. The molecule has 2 amide bonds. The Morgan fingerprint density at radius 2 is 1.91 bits per heavy atom. The van der Waals surface area contributed by atoms with E-state index in [1.807, 2.05) is 58.4 Å². The molecular weight excluding hydrogens is 458 g/mol. The summed E-state index contributed by atoms with van der Waals surface area (Å²) in [5.41, 5.74) is 4.00. The van der Waals surface area contributed by atoms with Gasteiger partial charge in [-0.1, -0.05) is 42.0 Å². The van der Waals surface area contributed by atoms with Gasteiger partial charge in [-0.05, 0) is 54.3 Å². The minimum Gasteiger partial charge on any atom is -0.408 e. The molecule has 0 bridgehead atoms. The SMILES string of the molecule is Cc1ccc(-c2sccc2C(=O)N2C[C@@H]3C[C@@H]3[C@H]2CNC(=O)Oc2cn(C)c3ccccc23)cc1. The molecular formula is C28H27N3O3S. The highest BCUT2D eigenvalue weighted by Gasteiger charge is 2.54. The fourth-order valence-electron chi connectivity index (χ4n) is 5.34. The van der Waals surface area contributed by atoms with E-state index in [4.69, 9.17) is 4.74 Å². The Hall–Kier alpha value is -3.58. The van der Waals surface area contributed by atoms with Gasteiger partial charge in [-0.25, -0.2) is 4.79 Å². The fraction of sp³-hybridized carbons (Fsp3) is 0.286. The van der Waals surface area contributed by atoms with Crippen molar-refractivity contribution in [1.82, 2.24) is 14.8 Å². The fourth-order valence-corrected chi connectivity index (χ4v) is 6.23. The topological polar surface area (TPSA) is 63.6 Å². The molecule has 1 saturated heterocycles. The number of aromatic nitrogens is 1. The minimum absolute atomic E-state index is 0.0154. The number of para-hydroxylation sites is 1. The third-order valence-corrected chi connectivity index (χ3v) is 8.26. The summed E-state index contributed by atoms with van der Waals surface area (Å²) < 4.78 is 7.58. The summed E-state index contributed by atoms with van der Waals surface area (Å²) in [6.07, 6.45) is 2.44. The Labute approximate surface area is 208 Å². The maximum atomic E-state index is 13.6. The van der Waals surface area contributed by atoms with Gasteiger partial charge in [0.2, 0.25) is 0 Å². The van der Waals surface area contributed by atoms with E-state index in [-0.39, 0.29) is 11.9 Å². The van der Waals surface area contributed by atoms with E-state index in [1.54, 1.807) is 11.3 Å². The van der Waals surface area contributed by atoms with Gasteiger partial charge in [0, 0.05) is 36.6 Å². The second-order valence-electron chi connectivity index (χ2n) is 9.61. The second-order valence-corrected chi connectivity index (χ2v) is 10.5. The van der Waals surface area contributed by atoms with Crippen molar-refractivity contribution < 1.29 is 14.3 Å². The van der Waals surface area contributed by atoms with Crippen LogP contribution in [0.3, 0.4) is 0 Å². The number of piperidine rings is 1. The van der Waals surface area contributed by atoms with E-state index >= 15 is 0 Å². The molecule has 6 rings (SSSR count). The number of benzene rings is 2. The first kappa shape index (κ1) is 21.9. The Bertz CT molecular complexity index is 1420. The minimum atomic E-state index is -0.492. The van der Waals surface area contributed by atoms with Crippen molar-refractivity contribution in [3.63, 3.8) is 0 Å². The quantitative estimate of drug-likeness (QED) is 0.408. The van der Waals surface area contributed by atoms with Crippen molar-refractivity contribution in [1.29, 1.82) is 0 Å². The molecule has 0 spiro atoms. The molecule has 3 heterocycles. The lowest BCUT2D eigenvalue weighted by Crippen LogP contribution is -2.46. The van der Waals surface area contributed by atoms with Gasteiger partial charge in [-0.15, -0.1) is 11.3 Å². The van der Waals surface area contributed by atoms with E-state index in [0.717, 1.165) is 39.9 Å². The number of carbonyl (C=O) groups is 2. The average molecular weight is 486 g/mol. The molecule has 7 heteroatoms. The lowest BCUT2D eigenvalue weighted by atomic mass is 10.1. The number of ether oxygens (including phenoxy) is 1. The molecule has 35 heavy (non-hydrogen) atoms. The standard InChI is InChI=1S/C28H27N3O3S/c1-17-7-9-18(10-8-17)26-21(11-12-35-26)27(32)31-15-19-13-22(19)24(31)14-29-28(33)34-25-16-30(2)23-6-4-3-5-20(23)25/h3-12,16,19,22,24H,13-15H2,1-2H3,(H,29,33)/t19-,22-,24+/m0/s1. The Balaban J connectivity index is 1.15. The van der Waals surface area contributed by atoms with Gasteiger partial charge in [0.05, 0.1) is 17.1 Å². The van der Waals surface area contributed by atoms with Crippen molar-refractivity contribution >= 4 is 34.2 Å². The normalized spacial score (nSPS) is 20.6. The van der Waals surface area contributed by atoms with Gasteiger partial charge in [0.25, 0.3) is 5.91 Å². The van der Waals surface area contributed by atoms with Gasteiger partial charge < -0.3 is 19.5 Å². The molecule has 0 unspecified atom stereocenters. The molecule has 0 radical (unpaired) electrons. The smallest absolute Gasteiger partial charge is 0.408 e. The molecule has 6 nitrogen and oxygen atoms in total. The number of hydrogen-bond donors (Lipinski definition) is 1. The van der Waals surface area contributed by atoms with Crippen LogP contribution in [0.15, 0.2) is 66.2 Å². The van der Waals surface area contributed by atoms with Gasteiger partial charge in [-0.2, -0.15) is 0 Å². The highest BCUT2D eigenvalue weighted by molar-refractivity contribution is 7.14. The van der Waals surface area contributed by atoms with Crippen molar-refractivity contribution in [2.45, 2.75) is 19.4 Å². The number of carbonyl (C=O) groups excluding carboxylic acids is 2. The van der Waals surface area contributed by atoms with Gasteiger partial charge in [-0.3, -0.25) is 4.79 Å². The van der Waals surface area contributed by atoms with Gasteiger partial charge >= 0.3 is 6.09 Å². The summed E-state index contributed by atoms with van der Waals surface area (Å²) >= 11 is 1.59. The summed E-state index contributed by atoms with van der Waals surface area (Å²) in [4.78, 5) is 29.2. The lowest BCUT2D eigenvalue weighted by Gasteiger charge is -2.28. The number of likely N-dealkylation sites (tertiary alicyclic amines) is 1. The van der Waals surface area contributed by atoms with Crippen LogP contribution < -0.4 is 10.1 Å². The first-order chi connectivity index (χ1) is 17.0. The molecule has 178 valence electrons. The van der Waals surface area contributed by atoms with Crippen LogP contribution in [-0.2, 0) is 7.05 Å². The summed E-state index contributed by atoms with van der Waals surface area (Å²) in [7, 11) is 1.93. The molecule has 2 aromatic carbocycles. The van der Waals surface area contributed by atoms with E-state index in [2.05, 4.69) is 36.5 Å². The molecule has 1 saturated carbocycles. The van der Waals surface area contributed by atoms with Crippen LogP contribution in [0.5, 0.6) is 5.75 Å². The van der Waals surface area contributed by atoms with E-state index in [9.17, 15) is 9.59 Å². The monoisotopic (exact) mass is 485 g/mol. The predicted octanol–water partition coefficient (Wildman–Crippen LogP) is 5.46. The van der Waals surface area contributed by atoms with Crippen LogP contribution in [0.25, 0.3) is 21.3 Å². The van der Waals surface area contributed by atoms with Crippen LogP contribution in [0, 0.1) is 18.8 Å². The van der Waals surface area contributed by atoms with Crippen LogP contribution in [0.4, 0.5) is 4.79 Å². The van der Waals surface area contributed by atoms with Crippen LogP contribution in [-0.4, -0.2) is 40.6 Å². The first-order valence-corrected chi connectivity index (χ1v) is 12.8. The molecule has 1 N–H and O–H groups in total. The number of nitrogens with one attached hydrogen (secondary N) is 1. The highest BCUT2D eigenvalue weighted by atomic mass is 32.1. The van der Waals surface area contributed by atoms with Crippen molar-refractivity contribution in [3.8, 4) is 16.2 Å². The van der Waals surface area contributed by atoms with Crippen molar-refractivity contribution in [2.75, 3.05) is 13.1 Å². The molecule has 2 aliphatic rings. The predicted molar refractivity (Wildman–Crippen MR) is 138 cm³/mol. The zero-order chi connectivity index (χ0) is 24.1. The van der Waals surface area contributed by atoms with Crippen LogP contribution in [0.2, 0.25) is 0 Å². The zero-order valence-corrected chi connectivity index (χ0v) is 20.5. The number of rotatable bonds is 5. The maximum absolute atomic E-state index is 13.6.